The molecule has 0 unspecified atom stereocenters. The molecule has 2 aromatic rings. The molecule has 0 bridgehead atoms. The van der Waals surface area contributed by atoms with Crippen LogP contribution in [0.1, 0.15) is 37.0 Å². The van der Waals surface area contributed by atoms with E-state index in [1.807, 2.05) is 6.92 Å². The molecular weight excluding hydrogens is 282 g/mol. The highest BCUT2D eigenvalue weighted by molar-refractivity contribution is 7.09. The molecule has 2 heterocycles. The van der Waals surface area contributed by atoms with E-state index in [0.29, 0.717) is 5.82 Å². The van der Waals surface area contributed by atoms with E-state index in [2.05, 4.69) is 59.0 Å². The summed E-state index contributed by atoms with van der Waals surface area (Å²) in [4.78, 5) is 10.5. The first-order chi connectivity index (χ1) is 9.91. The summed E-state index contributed by atoms with van der Waals surface area (Å²) >= 11 is 1.77. The van der Waals surface area contributed by atoms with E-state index < -0.39 is 0 Å². The van der Waals surface area contributed by atoms with Gasteiger partial charge in [-0.25, -0.2) is 15.8 Å². The second-order valence-electron chi connectivity index (χ2n) is 6.02. The first-order valence-electron chi connectivity index (χ1n) is 7.04. The van der Waals surface area contributed by atoms with Crippen molar-refractivity contribution in [1.29, 1.82) is 0 Å². The molecule has 0 saturated heterocycles. The van der Waals surface area contributed by atoms with Gasteiger partial charge in [0.25, 0.3) is 0 Å². The molecule has 5 nitrogen and oxygen atoms in total. The number of hydrogen-bond acceptors (Lipinski definition) is 6. The molecule has 2 aromatic heterocycles. The molecule has 0 atom stereocenters. The number of thiophene rings is 1. The van der Waals surface area contributed by atoms with Crippen LogP contribution in [-0.4, -0.2) is 16.5 Å². The van der Waals surface area contributed by atoms with Gasteiger partial charge in [-0.1, -0.05) is 26.8 Å². The lowest BCUT2D eigenvalue weighted by atomic mass is 9.95. The Morgan fingerprint density at radius 3 is 2.52 bits per heavy atom. The minimum absolute atomic E-state index is 0.122. The number of aromatic nitrogens is 2. The molecule has 2 rings (SSSR count). The van der Waals surface area contributed by atoms with Gasteiger partial charge in [-0.3, -0.25) is 0 Å². The largest absolute Gasteiger partial charge is 0.369 e. The van der Waals surface area contributed by atoms with Crippen molar-refractivity contribution in [2.75, 3.05) is 17.3 Å². The molecule has 0 spiro atoms. The van der Waals surface area contributed by atoms with E-state index in [9.17, 15) is 0 Å². The van der Waals surface area contributed by atoms with E-state index in [1.54, 1.807) is 11.3 Å². The van der Waals surface area contributed by atoms with Gasteiger partial charge in [-0.2, -0.15) is 0 Å². The highest BCUT2D eigenvalue weighted by Gasteiger charge is 2.20. The zero-order chi connectivity index (χ0) is 15.5. The number of nitrogens with zero attached hydrogens (tertiary/aromatic N) is 2. The summed E-state index contributed by atoms with van der Waals surface area (Å²) in [6.07, 6.45) is 0.983. The molecule has 0 fully saturated rings. The quantitative estimate of drug-likeness (QED) is 0.584. The van der Waals surface area contributed by atoms with Crippen molar-refractivity contribution in [2.45, 2.75) is 39.5 Å². The monoisotopic (exact) mass is 305 g/mol. The van der Waals surface area contributed by atoms with Crippen LogP contribution in [0, 0.1) is 6.92 Å². The first-order valence-corrected chi connectivity index (χ1v) is 7.92. The Morgan fingerprint density at radius 2 is 1.95 bits per heavy atom. The van der Waals surface area contributed by atoms with Crippen molar-refractivity contribution in [2.24, 2.45) is 5.84 Å². The molecule has 4 N–H and O–H groups in total. The zero-order valence-electron chi connectivity index (χ0n) is 13.0. The molecule has 0 saturated carbocycles. The van der Waals surface area contributed by atoms with Crippen molar-refractivity contribution in [3.63, 3.8) is 0 Å². The molecule has 0 aliphatic rings. The van der Waals surface area contributed by atoms with Crippen molar-refractivity contribution in [3.8, 4) is 0 Å². The number of nitrogens with one attached hydrogen (secondary N) is 2. The lowest BCUT2D eigenvalue weighted by Gasteiger charge is -2.20. The average molecular weight is 305 g/mol. The fraction of sp³-hybridized carbons (Fsp3) is 0.467. The molecule has 21 heavy (non-hydrogen) atoms. The first kappa shape index (κ1) is 15.7. The summed E-state index contributed by atoms with van der Waals surface area (Å²) in [6.45, 7) is 9.08. The highest BCUT2D eigenvalue weighted by atomic mass is 32.1. The molecule has 6 heteroatoms. The normalized spacial score (nSPS) is 11.5. The summed E-state index contributed by atoms with van der Waals surface area (Å²) in [5.74, 6) is 7.87. The Morgan fingerprint density at radius 1 is 1.24 bits per heavy atom. The average Bonchev–Trinajstić information content (AvgIpc) is 2.92. The van der Waals surface area contributed by atoms with E-state index in [1.165, 1.54) is 4.88 Å². The van der Waals surface area contributed by atoms with Gasteiger partial charge < -0.3 is 10.7 Å². The van der Waals surface area contributed by atoms with E-state index >= 15 is 0 Å². The van der Waals surface area contributed by atoms with Crippen LogP contribution in [0.3, 0.4) is 0 Å². The van der Waals surface area contributed by atoms with Crippen LogP contribution >= 0.6 is 11.3 Å². The summed E-state index contributed by atoms with van der Waals surface area (Å²) in [6, 6.07) is 4.22. The van der Waals surface area contributed by atoms with Crippen molar-refractivity contribution in [1.82, 2.24) is 9.97 Å². The lowest BCUT2D eigenvalue weighted by molar-refractivity contribution is 0.546. The number of nitrogen functional groups attached to an aromatic ring is 1. The van der Waals surface area contributed by atoms with E-state index in [0.717, 1.165) is 30.2 Å². The van der Waals surface area contributed by atoms with Crippen LogP contribution in [0.5, 0.6) is 0 Å². The van der Waals surface area contributed by atoms with Crippen LogP contribution in [0.25, 0.3) is 0 Å². The van der Waals surface area contributed by atoms with Gasteiger partial charge in [0.1, 0.15) is 17.5 Å². The molecule has 0 aromatic carbocycles. The second-order valence-corrected chi connectivity index (χ2v) is 7.05. The number of hydrogen-bond donors (Lipinski definition) is 3. The van der Waals surface area contributed by atoms with Crippen molar-refractivity contribution in [3.05, 3.63) is 33.8 Å². The van der Waals surface area contributed by atoms with Crippen LogP contribution < -0.4 is 16.6 Å². The molecular formula is C15H23N5S. The topological polar surface area (TPSA) is 75.9 Å². The maximum absolute atomic E-state index is 5.57. The zero-order valence-corrected chi connectivity index (χ0v) is 13.8. The minimum atomic E-state index is -0.122. The Kier molecular flexibility index (Phi) is 4.80. The third-order valence-electron chi connectivity index (χ3n) is 3.20. The maximum atomic E-state index is 5.57. The molecule has 0 radical (unpaired) electrons. The van der Waals surface area contributed by atoms with E-state index in [4.69, 9.17) is 5.84 Å². The maximum Gasteiger partial charge on any atom is 0.148 e. The minimum Gasteiger partial charge on any atom is -0.369 e. The van der Waals surface area contributed by atoms with Gasteiger partial charge in [-0.15, -0.1) is 11.3 Å². The van der Waals surface area contributed by atoms with Crippen molar-refractivity contribution < 1.29 is 0 Å². The highest BCUT2D eigenvalue weighted by Crippen LogP contribution is 2.25. The Balaban J connectivity index is 2.17. The Hall–Kier alpha value is -1.66. The van der Waals surface area contributed by atoms with Gasteiger partial charge in [0.2, 0.25) is 0 Å². The summed E-state index contributed by atoms with van der Waals surface area (Å²) in [7, 11) is 0. The summed E-state index contributed by atoms with van der Waals surface area (Å²) in [5, 5.41) is 5.50. The summed E-state index contributed by atoms with van der Waals surface area (Å²) in [5.41, 5.74) is 3.48. The smallest absolute Gasteiger partial charge is 0.148 e. The lowest BCUT2D eigenvalue weighted by Crippen LogP contribution is -2.21. The fourth-order valence-electron chi connectivity index (χ4n) is 1.92. The van der Waals surface area contributed by atoms with E-state index in [-0.39, 0.29) is 5.41 Å². The van der Waals surface area contributed by atoms with Crippen LogP contribution in [0.2, 0.25) is 0 Å². The molecule has 0 aliphatic heterocycles. The fourth-order valence-corrected chi connectivity index (χ4v) is 2.63. The third kappa shape index (κ3) is 3.92. The second kappa shape index (κ2) is 6.41. The van der Waals surface area contributed by atoms with Gasteiger partial charge in [-0.05, 0) is 24.8 Å². The van der Waals surface area contributed by atoms with Gasteiger partial charge >= 0.3 is 0 Å². The number of rotatable bonds is 5. The van der Waals surface area contributed by atoms with Gasteiger partial charge in [0.15, 0.2) is 0 Å². The molecule has 0 aliphatic carbocycles. The Bertz CT molecular complexity index is 587. The third-order valence-corrected chi connectivity index (χ3v) is 4.13. The van der Waals surface area contributed by atoms with Crippen LogP contribution in [0.4, 0.5) is 11.6 Å². The SMILES string of the molecule is Cc1c(NN)nc(C(C)(C)C)nc1NCCc1cccs1. The van der Waals surface area contributed by atoms with Gasteiger partial charge in [0, 0.05) is 22.4 Å². The molecule has 114 valence electrons. The van der Waals surface area contributed by atoms with Crippen LogP contribution in [0.15, 0.2) is 17.5 Å². The number of anilines is 2. The molecule has 0 amide bonds. The van der Waals surface area contributed by atoms with Crippen LogP contribution in [-0.2, 0) is 11.8 Å². The van der Waals surface area contributed by atoms with Crippen molar-refractivity contribution >= 4 is 23.0 Å². The number of hydrazine groups is 1. The van der Waals surface area contributed by atoms with Gasteiger partial charge in [0.05, 0.1) is 0 Å². The number of nitrogens with two attached hydrogens (primary N) is 1. The standard InChI is InChI=1S/C15H23N5S/c1-10-12(17-8-7-11-6-5-9-21-11)18-14(15(2,3)4)19-13(10)20-16/h5-6,9H,7-8,16H2,1-4H3,(H2,17,18,19,20). The Labute approximate surface area is 130 Å². The predicted molar refractivity (Wildman–Crippen MR) is 89.8 cm³/mol. The summed E-state index contributed by atoms with van der Waals surface area (Å²) < 4.78 is 0. The predicted octanol–water partition coefficient (Wildman–Crippen LogP) is 3.08.